The first kappa shape index (κ1) is 20.9. The number of nitrogens with zero attached hydrogens (tertiary/aromatic N) is 4. The molecular formula is C24H25FN4O2. The van der Waals surface area contributed by atoms with Crippen molar-refractivity contribution >= 4 is 17.5 Å². The summed E-state index contributed by atoms with van der Waals surface area (Å²) in [6.07, 6.45) is 1.81. The molecule has 0 saturated carbocycles. The molecule has 7 heteroatoms. The average Bonchev–Trinajstić information content (AvgIpc) is 3.29. The van der Waals surface area contributed by atoms with Crippen LogP contribution in [-0.4, -0.2) is 60.4 Å². The van der Waals surface area contributed by atoms with E-state index in [0.29, 0.717) is 51.3 Å². The summed E-state index contributed by atoms with van der Waals surface area (Å²) in [6, 6.07) is 15.7. The van der Waals surface area contributed by atoms with Crippen molar-refractivity contribution < 1.29 is 14.0 Å². The maximum atomic E-state index is 13.9. The Morgan fingerprint density at radius 2 is 1.74 bits per heavy atom. The van der Waals surface area contributed by atoms with Crippen molar-refractivity contribution in [1.29, 1.82) is 5.26 Å². The molecule has 2 fully saturated rings. The third kappa shape index (κ3) is 4.38. The lowest BCUT2D eigenvalue weighted by molar-refractivity contribution is -0.143. The fourth-order valence-corrected chi connectivity index (χ4v) is 4.46. The molecule has 0 aliphatic carbocycles. The summed E-state index contributed by atoms with van der Waals surface area (Å²) in [5.41, 5.74) is 1.55. The third-order valence-corrected chi connectivity index (χ3v) is 6.09. The molecule has 2 aliphatic rings. The van der Waals surface area contributed by atoms with Gasteiger partial charge in [-0.1, -0.05) is 36.4 Å². The number of carbonyl (C=O) groups is 2. The van der Waals surface area contributed by atoms with Crippen LogP contribution in [0.2, 0.25) is 0 Å². The fraction of sp³-hybridized carbons (Fsp3) is 0.375. The molecule has 2 aromatic carbocycles. The lowest BCUT2D eigenvalue weighted by Crippen LogP contribution is -2.54. The van der Waals surface area contributed by atoms with E-state index in [9.17, 15) is 19.2 Å². The maximum Gasteiger partial charge on any atom is 0.245 e. The van der Waals surface area contributed by atoms with E-state index in [1.54, 1.807) is 21.9 Å². The Kier molecular flexibility index (Phi) is 6.17. The minimum absolute atomic E-state index is 0.0147. The van der Waals surface area contributed by atoms with Gasteiger partial charge in [0.25, 0.3) is 0 Å². The summed E-state index contributed by atoms with van der Waals surface area (Å²) in [5, 5.41) is 9.28. The Morgan fingerprint density at radius 1 is 1.00 bits per heavy atom. The Morgan fingerprint density at radius 3 is 2.45 bits per heavy atom. The predicted molar refractivity (Wildman–Crippen MR) is 115 cm³/mol. The van der Waals surface area contributed by atoms with Crippen LogP contribution in [0, 0.1) is 17.1 Å². The van der Waals surface area contributed by atoms with E-state index in [2.05, 4.69) is 0 Å². The molecule has 0 bridgehead atoms. The molecule has 1 atom stereocenters. The Hall–Kier alpha value is -3.40. The van der Waals surface area contributed by atoms with Gasteiger partial charge in [0.2, 0.25) is 11.8 Å². The lowest BCUT2D eigenvalue weighted by Gasteiger charge is -2.38. The van der Waals surface area contributed by atoms with E-state index in [4.69, 9.17) is 0 Å². The van der Waals surface area contributed by atoms with Gasteiger partial charge >= 0.3 is 0 Å². The van der Waals surface area contributed by atoms with Gasteiger partial charge < -0.3 is 14.7 Å². The number of rotatable bonds is 4. The van der Waals surface area contributed by atoms with Crippen molar-refractivity contribution in [1.82, 2.24) is 9.80 Å². The standard InChI is InChI=1S/C24H25FN4O2/c25-20-8-4-9-21(19(20)17-26)27-12-14-28(15-13-27)24(31)22-10-5-11-29(22)23(30)16-18-6-2-1-3-7-18/h1-4,6-9,22H,5,10-16H2. The van der Waals surface area contributed by atoms with Crippen LogP contribution in [0.4, 0.5) is 10.1 Å². The predicted octanol–water partition coefficient (Wildman–Crippen LogP) is 2.58. The molecule has 160 valence electrons. The normalized spacial score (nSPS) is 18.7. The van der Waals surface area contributed by atoms with Gasteiger partial charge in [-0.05, 0) is 30.5 Å². The van der Waals surface area contributed by atoms with Crippen molar-refractivity contribution in [2.45, 2.75) is 25.3 Å². The summed E-state index contributed by atoms with van der Waals surface area (Å²) < 4.78 is 13.9. The van der Waals surface area contributed by atoms with Gasteiger partial charge in [-0.15, -0.1) is 0 Å². The van der Waals surface area contributed by atoms with E-state index < -0.39 is 11.9 Å². The SMILES string of the molecule is N#Cc1c(F)cccc1N1CCN(C(=O)C2CCCN2C(=O)Cc2ccccc2)CC1. The number of halogens is 1. The molecule has 2 aliphatic heterocycles. The highest BCUT2D eigenvalue weighted by molar-refractivity contribution is 5.89. The molecule has 6 nitrogen and oxygen atoms in total. The molecule has 2 saturated heterocycles. The molecule has 4 rings (SSSR count). The summed E-state index contributed by atoms with van der Waals surface area (Å²) in [5.74, 6) is -0.561. The maximum absolute atomic E-state index is 13.9. The zero-order chi connectivity index (χ0) is 21.8. The van der Waals surface area contributed by atoms with E-state index >= 15 is 0 Å². The van der Waals surface area contributed by atoms with Crippen molar-refractivity contribution in [3.63, 3.8) is 0 Å². The molecule has 1 unspecified atom stereocenters. The van der Waals surface area contributed by atoms with Gasteiger partial charge in [0.05, 0.1) is 12.1 Å². The van der Waals surface area contributed by atoms with Crippen LogP contribution in [0.15, 0.2) is 48.5 Å². The van der Waals surface area contributed by atoms with Crippen LogP contribution in [0.3, 0.4) is 0 Å². The minimum Gasteiger partial charge on any atom is -0.367 e. The number of likely N-dealkylation sites (tertiary alicyclic amines) is 1. The van der Waals surface area contributed by atoms with Gasteiger partial charge in [0, 0.05) is 32.7 Å². The number of piperazine rings is 1. The van der Waals surface area contributed by atoms with E-state index in [-0.39, 0.29) is 17.4 Å². The topological polar surface area (TPSA) is 67.7 Å². The number of carbonyl (C=O) groups excluding carboxylic acids is 2. The number of benzene rings is 2. The van der Waals surface area contributed by atoms with Crippen LogP contribution >= 0.6 is 0 Å². The number of amides is 2. The number of hydrogen-bond acceptors (Lipinski definition) is 4. The second-order valence-electron chi connectivity index (χ2n) is 7.97. The second kappa shape index (κ2) is 9.17. The Labute approximate surface area is 181 Å². The van der Waals surface area contributed by atoms with Gasteiger partial charge in [-0.2, -0.15) is 5.26 Å². The van der Waals surface area contributed by atoms with Crippen molar-refractivity contribution in [3.05, 3.63) is 65.5 Å². The molecule has 2 aromatic rings. The summed E-state index contributed by atoms with van der Waals surface area (Å²) >= 11 is 0. The summed E-state index contributed by atoms with van der Waals surface area (Å²) in [6.45, 7) is 2.62. The molecule has 0 spiro atoms. The first-order valence-electron chi connectivity index (χ1n) is 10.6. The third-order valence-electron chi connectivity index (χ3n) is 6.09. The Bertz CT molecular complexity index is 996. The highest BCUT2D eigenvalue weighted by atomic mass is 19.1. The van der Waals surface area contributed by atoms with Gasteiger partial charge in [0.15, 0.2) is 0 Å². The average molecular weight is 420 g/mol. The number of anilines is 1. The molecular weight excluding hydrogens is 395 g/mol. The van der Waals surface area contributed by atoms with Crippen LogP contribution in [-0.2, 0) is 16.0 Å². The van der Waals surface area contributed by atoms with Crippen LogP contribution in [0.5, 0.6) is 0 Å². The molecule has 0 aromatic heterocycles. The van der Waals surface area contributed by atoms with Crippen molar-refractivity contribution in [2.24, 2.45) is 0 Å². The Balaban J connectivity index is 1.38. The first-order valence-corrected chi connectivity index (χ1v) is 10.6. The van der Waals surface area contributed by atoms with Crippen LogP contribution in [0.25, 0.3) is 0 Å². The zero-order valence-electron chi connectivity index (χ0n) is 17.3. The van der Waals surface area contributed by atoms with Gasteiger partial charge in [0.1, 0.15) is 23.5 Å². The summed E-state index contributed by atoms with van der Waals surface area (Å²) in [4.78, 5) is 31.5. The summed E-state index contributed by atoms with van der Waals surface area (Å²) in [7, 11) is 0. The zero-order valence-corrected chi connectivity index (χ0v) is 17.3. The number of hydrogen-bond donors (Lipinski definition) is 0. The number of nitriles is 1. The lowest BCUT2D eigenvalue weighted by atomic mass is 10.1. The second-order valence-corrected chi connectivity index (χ2v) is 7.97. The van der Waals surface area contributed by atoms with Gasteiger partial charge in [-0.25, -0.2) is 4.39 Å². The molecule has 0 radical (unpaired) electrons. The first-order chi connectivity index (χ1) is 15.1. The monoisotopic (exact) mass is 420 g/mol. The largest absolute Gasteiger partial charge is 0.367 e. The minimum atomic E-state index is -0.531. The van der Waals surface area contributed by atoms with Crippen LogP contribution < -0.4 is 4.90 Å². The van der Waals surface area contributed by atoms with Crippen molar-refractivity contribution in [2.75, 3.05) is 37.6 Å². The van der Waals surface area contributed by atoms with Crippen molar-refractivity contribution in [3.8, 4) is 6.07 Å². The molecule has 2 heterocycles. The van der Waals surface area contributed by atoms with Crippen LogP contribution in [0.1, 0.15) is 24.0 Å². The van der Waals surface area contributed by atoms with E-state index in [0.717, 1.165) is 12.0 Å². The quantitative estimate of drug-likeness (QED) is 0.763. The highest BCUT2D eigenvalue weighted by Gasteiger charge is 2.37. The highest BCUT2D eigenvalue weighted by Crippen LogP contribution is 2.25. The van der Waals surface area contributed by atoms with E-state index in [1.807, 2.05) is 41.3 Å². The molecule has 2 amide bonds. The smallest absolute Gasteiger partial charge is 0.245 e. The van der Waals surface area contributed by atoms with E-state index in [1.165, 1.54) is 6.07 Å². The van der Waals surface area contributed by atoms with Gasteiger partial charge in [-0.3, -0.25) is 9.59 Å². The fourth-order valence-electron chi connectivity index (χ4n) is 4.46. The molecule has 0 N–H and O–H groups in total. The molecule has 31 heavy (non-hydrogen) atoms.